The lowest BCUT2D eigenvalue weighted by Gasteiger charge is -2.09. The number of ether oxygens (including phenoxy) is 1. The van der Waals surface area contributed by atoms with Crippen LogP contribution in [0.5, 0.6) is 11.6 Å². The third-order valence-electron chi connectivity index (χ3n) is 3.40. The second-order valence-electron chi connectivity index (χ2n) is 5.05. The Morgan fingerprint density at radius 1 is 1.05 bits per heavy atom. The average molecular weight is 293 g/mol. The highest BCUT2D eigenvalue weighted by Gasteiger charge is 2.11. The van der Waals surface area contributed by atoms with Gasteiger partial charge in [0.1, 0.15) is 11.6 Å². The van der Waals surface area contributed by atoms with Gasteiger partial charge in [0, 0.05) is 12.1 Å². The second kappa shape index (κ2) is 4.80. The minimum atomic E-state index is -0.344. The number of rotatable bonds is 2. The Morgan fingerprint density at radius 2 is 1.91 bits per heavy atom. The molecule has 22 heavy (non-hydrogen) atoms. The highest BCUT2D eigenvalue weighted by atomic mass is 19.1. The van der Waals surface area contributed by atoms with Crippen LogP contribution in [-0.4, -0.2) is 14.6 Å². The summed E-state index contributed by atoms with van der Waals surface area (Å²) in [6.07, 6.45) is 0. The molecule has 0 amide bonds. The van der Waals surface area contributed by atoms with Crippen molar-refractivity contribution >= 4 is 16.6 Å². The first-order valence-corrected chi connectivity index (χ1v) is 6.89. The third kappa shape index (κ3) is 2.07. The molecule has 2 heterocycles. The van der Waals surface area contributed by atoms with Gasteiger partial charge in [-0.1, -0.05) is 18.2 Å². The largest absolute Gasteiger partial charge is 0.438 e. The van der Waals surface area contributed by atoms with E-state index < -0.39 is 0 Å². The Bertz CT molecular complexity index is 994. The minimum Gasteiger partial charge on any atom is -0.438 e. The number of hydrogen-bond acceptors (Lipinski definition) is 3. The normalized spacial score (nSPS) is 11.2. The zero-order chi connectivity index (χ0) is 15.1. The molecule has 0 saturated carbocycles. The number of aromatic nitrogens is 3. The Labute approximate surface area is 125 Å². The first kappa shape index (κ1) is 12.8. The van der Waals surface area contributed by atoms with Crippen LogP contribution in [0.2, 0.25) is 0 Å². The Kier molecular flexibility index (Phi) is 2.79. The Balaban J connectivity index is 1.95. The van der Waals surface area contributed by atoms with E-state index in [0.29, 0.717) is 17.3 Å². The SMILES string of the molecule is Cc1cc2nc(Oc3cccc(F)c3)c3ccccc3n2n1. The van der Waals surface area contributed by atoms with Crippen LogP contribution in [0.25, 0.3) is 16.6 Å². The van der Waals surface area contributed by atoms with Crippen molar-refractivity contribution in [2.45, 2.75) is 6.92 Å². The fourth-order valence-corrected chi connectivity index (χ4v) is 2.47. The fourth-order valence-electron chi connectivity index (χ4n) is 2.47. The number of fused-ring (bicyclic) bond motifs is 3. The van der Waals surface area contributed by atoms with Gasteiger partial charge < -0.3 is 4.74 Å². The van der Waals surface area contributed by atoms with E-state index in [9.17, 15) is 4.39 Å². The molecule has 0 radical (unpaired) electrons. The van der Waals surface area contributed by atoms with Crippen LogP contribution >= 0.6 is 0 Å². The smallest absolute Gasteiger partial charge is 0.230 e. The van der Waals surface area contributed by atoms with Crippen molar-refractivity contribution in [3.63, 3.8) is 0 Å². The predicted octanol–water partition coefficient (Wildman–Crippen LogP) is 4.12. The summed E-state index contributed by atoms with van der Waals surface area (Å²) in [7, 11) is 0. The molecule has 0 spiro atoms. The summed E-state index contributed by atoms with van der Waals surface area (Å²) in [6, 6.07) is 15.6. The summed E-state index contributed by atoms with van der Waals surface area (Å²) >= 11 is 0. The van der Waals surface area contributed by atoms with Crippen LogP contribution in [0, 0.1) is 12.7 Å². The van der Waals surface area contributed by atoms with Gasteiger partial charge in [0.2, 0.25) is 5.88 Å². The summed E-state index contributed by atoms with van der Waals surface area (Å²) < 4.78 is 20.9. The summed E-state index contributed by atoms with van der Waals surface area (Å²) in [4.78, 5) is 4.50. The van der Waals surface area contributed by atoms with Crippen molar-refractivity contribution in [1.29, 1.82) is 0 Å². The molecule has 4 nitrogen and oxygen atoms in total. The van der Waals surface area contributed by atoms with Gasteiger partial charge in [-0.15, -0.1) is 0 Å². The molecule has 0 bridgehead atoms. The molecule has 0 N–H and O–H groups in total. The van der Waals surface area contributed by atoms with Crippen molar-refractivity contribution in [2.24, 2.45) is 0 Å². The van der Waals surface area contributed by atoms with E-state index in [1.807, 2.05) is 37.3 Å². The van der Waals surface area contributed by atoms with Crippen LogP contribution in [0.4, 0.5) is 4.39 Å². The molecule has 0 unspecified atom stereocenters. The van der Waals surface area contributed by atoms with Gasteiger partial charge in [-0.25, -0.2) is 8.91 Å². The Hall–Kier alpha value is -2.95. The topological polar surface area (TPSA) is 39.4 Å². The molecule has 108 valence electrons. The van der Waals surface area contributed by atoms with Gasteiger partial charge >= 0.3 is 0 Å². The number of para-hydroxylation sites is 1. The van der Waals surface area contributed by atoms with Crippen LogP contribution in [0.3, 0.4) is 0 Å². The van der Waals surface area contributed by atoms with Crippen molar-refractivity contribution in [3.05, 3.63) is 66.1 Å². The standard InChI is InChI=1S/C17H12FN3O/c1-11-9-16-19-17(22-13-6-4-5-12(18)10-13)14-7-2-3-8-15(14)21(16)20-11/h2-10H,1H3. The number of halogens is 1. The lowest BCUT2D eigenvalue weighted by atomic mass is 10.2. The molecule has 4 rings (SSSR count). The predicted molar refractivity (Wildman–Crippen MR) is 81.7 cm³/mol. The van der Waals surface area contributed by atoms with Gasteiger partial charge in [-0.05, 0) is 31.2 Å². The first-order valence-electron chi connectivity index (χ1n) is 6.89. The minimum absolute atomic E-state index is 0.344. The number of aryl methyl sites for hydroxylation is 1. The van der Waals surface area contributed by atoms with E-state index in [1.54, 1.807) is 16.6 Å². The highest BCUT2D eigenvalue weighted by Crippen LogP contribution is 2.29. The van der Waals surface area contributed by atoms with E-state index in [0.717, 1.165) is 16.6 Å². The van der Waals surface area contributed by atoms with Crippen LogP contribution in [0.15, 0.2) is 54.6 Å². The second-order valence-corrected chi connectivity index (χ2v) is 5.05. The fraction of sp³-hybridized carbons (Fsp3) is 0.0588. The van der Waals surface area contributed by atoms with Crippen LogP contribution in [-0.2, 0) is 0 Å². The maximum Gasteiger partial charge on any atom is 0.230 e. The molecule has 0 atom stereocenters. The molecule has 0 aliphatic heterocycles. The Morgan fingerprint density at radius 3 is 2.77 bits per heavy atom. The molecular weight excluding hydrogens is 281 g/mol. The van der Waals surface area contributed by atoms with Crippen molar-refractivity contribution in [1.82, 2.24) is 14.6 Å². The lowest BCUT2D eigenvalue weighted by molar-refractivity contribution is 0.464. The average Bonchev–Trinajstić information content (AvgIpc) is 2.88. The van der Waals surface area contributed by atoms with Crippen LogP contribution < -0.4 is 4.74 Å². The third-order valence-corrected chi connectivity index (χ3v) is 3.40. The maximum atomic E-state index is 13.3. The molecule has 0 saturated heterocycles. The molecular formula is C17H12FN3O. The monoisotopic (exact) mass is 293 g/mol. The first-order chi connectivity index (χ1) is 10.7. The molecule has 4 aromatic rings. The summed E-state index contributed by atoms with van der Waals surface area (Å²) in [5.41, 5.74) is 2.47. The molecule has 2 aromatic heterocycles. The number of nitrogens with zero attached hydrogens (tertiary/aromatic N) is 3. The van der Waals surface area contributed by atoms with E-state index in [1.165, 1.54) is 12.1 Å². The van der Waals surface area contributed by atoms with E-state index in [4.69, 9.17) is 4.74 Å². The quantitative estimate of drug-likeness (QED) is 0.558. The number of benzene rings is 2. The van der Waals surface area contributed by atoms with Crippen molar-refractivity contribution < 1.29 is 9.13 Å². The lowest BCUT2D eigenvalue weighted by Crippen LogP contribution is -1.97. The van der Waals surface area contributed by atoms with Gasteiger partial charge in [0.05, 0.1) is 16.6 Å². The van der Waals surface area contributed by atoms with E-state index in [2.05, 4.69) is 10.1 Å². The summed E-state index contributed by atoms with van der Waals surface area (Å²) in [5.74, 6) is 0.509. The van der Waals surface area contributed by atoms with Gasteiger partial charge in [-0.2, -0.15) is 10.1 Å². The highest BCUT2D eigenvalue weighted by molar-refractivity contribution is 5.86. The zero-order valence-electron chi connectivity index (χ0n) is 11.8. The summed E-state index contributed by atoms with van der Waals surface area (Å²) in [5, 5.41) is 5.26. The molecule has 0 aliphatic carbocycles. The number of hydrogen-bond donors (Lipinski definition) is 0. The molecule has 0 aliphatic rings. The summed E-state index contributed by atoms with van der Waals surface area (Å²) in [6.45, 7) is 1.91. The van der Waals surface area contributed by atoms with Gasteiger partial charge in [0.15, 0.2) is 5.65 Å². The molecule has 5 heteroatoms. The van der Waals surface area contributed by atoms with E-state index >= 15 is 0 Å². The van der Waals surface area contributed by atoms with Crippen LogP contribution in [0.1, 0.15) is 5.69 Å². The van der Waals surface area contributed by atoms with E-state index in [-0.39, 0.29) is 5.82 Å². The maximum absolute atomic E-state index is 13.3. The zero-order valence-corrected chi connectivity index (χ0v) is 11.8. The molecule has 0 fully saturated rings. The van der Waals surface area contributed by atoms with Gasteiger partial charge in [0.25, 0.3) is 0 Å². The van der Waals surface area contributed by atoms with Crippen molar-refractivity contribution in [2.75, 3.05) is 0 Å². The van der Waals surface area contributed by atoms with Crippen molar-refractivity contribution in [3.8, 4) is 11.6 Å². The molecule has 2 aromatic carbocycles. The van der Waals surface area contributed by atoms with Gasteiger partial charge in [-0.3, -0.25) is 0 Å².